The van der Waals surface area contributed by atoms with Crippen molar-refractivity contribution in [1.82, 2.24) is 0 Å². The summed E-state index contributed by atoms with van der Waals surface area (Å²) >= 11 is 0. The first kappa shape index (κ1) is 7.15. The summed E-state index contributed by atoms with van der Waals surface area (Å²) in [4.78, 5) is 0. The second kappa shape index (κ2) is 2.51. The lowest BCUT2D eigenvalue weighted by Crippen LogP contribution is -2.07. The maximum Gasteiger partial charge on any atom is 0.00288 e. The van der Waals surface area contributed by atoms with Crippen LogP contribution in [0.3, 0.4) is 0 Å². The van der Waals surface area contributed by atoms with Crippen molar-refractivity contribution in [3.8, 4) is 0 Å². The Morgan fingerprint density at radius 3 is 3.00 bits per heavy atom. The highest BCUT2D eigenvalue weighted by molar-refractivity contribution is 5.36. The average molecular weight is 147 g/mol. The van der Waals surface area contributed by atoms with Crippen molar-refractivity contribution in [2.75, 3.05) is 0 Å². The van der Waals surface area contributed by atoms with Gasteiger partial charge in [-0.1, -0.05) is 25.5 Å². The molecule has 1 radical (unpaired) electrons. The van der Waals surface area contributed by atoms with Crippen LogP contribution in [0.25, 0.3) is 0 Å². The van der Waals surface area contributed by atoms with Gasteiger partial charge >= 0.3 is 0 Å². The molecule has 11 heavy (non-hydrogen) atoms. The third kappa shape index (κ3) is 1.05. The Morgan fingerprint density at radius 1 is 1.45 bits per heavy atom. The van der Waals surface area contributed by atoms with Crippen LogP contribution in [0.4, 0.5) is 0 Å². The Morgan fingerprint density at radius 2 is 2.27 bits per heavy atom. The smallest absolute Gasteiger partial charge is 0.00288 e. The van der Waals surface area contributed by atoms with Crippen LogP contribution >= 0.6 is 0 Å². The van der Waals surface area contributed by atoms with E-state index in [2.05, 4.69) is 26.0 Å². The van der Waals surface area contributed by atoms with Crippen LogP contribution in [0.2, 0.25) is 0 Å². The first-order chi connectivity index (χ1) is 5.29. The Hall–Kier alpha value is -0.520. The van der Waals surface area contributed by atoms with Gasteiger partial charge in [0.25, 0.3) is 0 Å². The predicted octanol–water partition coefficient (Wildman–Crippen LogP) is 3.11. The third-order valence-corrected chi connectivity index (χ3v) is 3.00. The van der Waals surface area contributed by atoms with E-state index in [1.54, 1.807) is 11.1 Å². The van der Waals surface area contributed by atoms with E-state index in [9.17, 15) is 0 Å². The molecule has 59 valence electrons. The summed E-state index contributed by atoms with van der Waals surface area (Å²) in [6.45, 7) is 4.60. The van der Waals surface area contributed by atoms with Gasteiger partial charge in [0.1, 0.15) is 0 Å². The van der Waals surface area contributed by atoms with Crippen LogP contribution in [0, 0.1) is 17.9 Å². The van der Waals surface area contributed by atoms with E-state index in [4.69, 9.17) is 0 Å². The van der Waals surface area contributed by atoms with Crippen molar-refractivity contribution in [1.29, 1.82) is 0 Å². The van der Waals surface area contributed by atoms with Crippen molar-refractivity contribution in [2.45, 2.75) is 33.1 Å². The Balaban J connectivity index is 2.32. The molecule has 0 heterocycles. The van der Waals surface area contributed by atoms with Crippen LogP contribution in [0.15, 0.2) is 17.2 Å². The van der Waals surface area contributed by atoms with Crippen LogP contribution < -0.4 is 0 Å². The van der Waals surface area contributed by atoms with Crippen molar-refractivity contribution in [3.63, 3.8) is 0 Å². The van der Waals surface area contributed by atoms with Crippen molar-refractivity contribution in [2.24, 2.45) is 11.8 Å². The fourth-order valence-electron chi connectivity index (χ4n) is 2.23. The van der Waals surface area contributed by atoms with Gasteiger partial charge in [-0.05, 0) is 36.8 Å². The molecule has 0 saturated heterocycles. The van der Waals surface area contributed by atoms with Gasteiger partial charge in [0.2, 0.25) is 0 Å². The Kier molecular flexibility index (Phi) is 1.63. The molecule has 0 spiro atoms. The predicted molar refractivity (Wildman–Crippen MR) is 47.0 cm³/mol. The van der Waals surface area contributed by atoms with Crippen LogP contribution in [-0.4, -0.2) is 0 Å². The molecule has 2 unspecified atom stereocenters. The van der Waals surface area contributed by atoms with Crippen LogP contribution in [0.1, 0.15) is 33.1 Å². The standard InChI is InChI=1S/C11H15/c1-8-4-3-5-10-9(2)6-7-11(8)10/h7-9H,3-5H2,1-2H3. The quantitative estimate of drug-likeness (QED) is 0.494. The van der Waals surface area contributed by atoms with Crippen molar-refractivity contribution >= 4 is 0 Å². The van der Waals surface area contributed by atoms with Gasteiger partial charge < -0.3 is 0 Å². The number of rotatable bonds is 0. The number of hydrogen-bond acceptors (Lipinski definition) is 0. The van der Waals surface area contributed by atoms with Crippen LogP contribution in [0.5, 0.6) is 0 Å². The lowest BCUT2D eigenvalue weighted by atomic mass is 9.83. The van der Waals surface area contributed by atoms with Gasteiger partial charge in [-0.2, -0.15) is 0 Å². The summed E-state index contributed by atoms with van der Waals surface area (Å²) in [5.41, 5.74) is 3.27. The van der Waals surface area contributed by atoms with E-state index < -0.39 is 0 Å². The summed E-state index contributed by atoms with van der Waals surface area (Å²) in [5.74, 6) is 1.42. The molecule has 0 nitrogen and oxygen atoms in total. The van der Waals surface area contributed by atoms with Gasteiger partial charge in [0.05, 0.1) is 0 Å². The molecule has 2 atom stereocenters. The van der Waals surface area contributed by atoms with Gasteiger partial charge in [-0.15, -0.1) is 0 Å². The monoisotopic (exact) mass is 147 g/mol. The summed E-state index contributed by atoms with van der Waals surface area (Å²) in [5, 5.41) is 0. The highest BCUT2D eigenvalue weighted by atomic mass is 14.3. The minimum Gasteiger partial charge on any atom is -0.0595 e. The molecule has 0 bridgehead atoms. The fraction of sp³-hybridized carbons (Fsp3) is 0.636. The molecule has 2 rings (SSSR count). The minimum atomic E-state index is 0.618. The molecule has 0 aliphatic heterocycles. The fourth-order valence-corrected chi connectivity index (χ4v) is 2.23. The number of allylic oxidation sites excluding steroid dienone is 4. The largest absolute Gasteiger partial charge is 0.0595 e. The molecule has 0 N–H and O–H groups in total. The highest BCUT2D eigenvalue weighted by Gasteiger charge is 2.23. The normalized spacial score (nSPS) is 36.2. The van der Waals surface area contributed by atoms with Gasteiger partial charge in [-0.25, -0.2) is 0 Å². The first-order valence-electron chi connectivity index (χ1n) is 4.61. The molecule has 2 aliphatic carbocycles. The lowest BCUT2D eigenvalue weighted by molar-refractivity contribution is 0.532. The first-order valence-corrected chi connectivity index (χ1v) is 4.61. The zero-order valence-corrected chi connectivity index (χ0v) is 7.35. The van der Waals surface area contributed by atoms with E-state index >= 15 is 0 Å². The van der Waals surface area contributed by atoms with Crippen LogP contribution in [-0.2, 0) is 0 Å². The zero-order valence-electron chi connectivity index (χ0n) is 7.35. The molecule has 0 fully saturated rings. The molecule has 2 aliphatic rings. The third-order valence-electron chi connectivity index (χ3n) is 3.00. The van der Waals surface area contributed by atoms with Crippen molar-refractivity contribution < 1.29 is 0 Å². The minimum absolute atomic E-state index is 0.618. The SMILES string of the molecule is CC1[C]=CC2=C1CCCC2C. The van der Waals surface area contributed by atoms with E-state index in [0.29, 0.717) is 5.92 Å². The summed E-state index contributed by atoms with van der Waals surface area (Å²) in [7, 11) is 0. The maximum atomic E-state index is 3.39. The molecule has 0 aromatic heterocycles. The maximum absolute atomic E-state index is 3.39. The van der Waals surface area contributed by atoms with E-state index in [1.807, 2.05) is 0 Å². The Labute approximate surface area is 69.0 Å². The summed E-state index contributed by atoms with van der Waals surface area (Å²) in [6, 6.07) is 0. The highest BCUT2D eigenvalue weighted by Crippen LogP contribution is 2.38. The van der Waals surface area contributed by atoms with Gasteiger partial charge in [-0.3, -0.25) is 0 Å². The molecule has 0 aromatic rings. The molecular weight excluding hydrogens is 132 g/mol. The Bertz CT molecular complexity index is 220. The second-order valence-corrected chi connectivity index (χ2v) is 3.81. The zero-order chi connectivity index (χ0) is 7.84. The molecule has 0 aromatic carbocycles. The summed E-state index contributed by atoms with van der Waals surface area (Å²) in [6.07, 6.45) is 9.71. The topological polar surface area (TPSA) is 0 Å². The van der Waals surface area contributed by atoms with E-state index in [0.717, 1.165) is 5.92 Å². The van der Waals surface area contributed by atoms with Gasteiger partial charge in [0, 0.05) is 5.92 Å². The van der Waals surface area contributed by atoms with Gasteiger partial charge in [0.15, 0.2) is 0 Å². The number of hydrogen-bond donors (Lipinski definition) is 0. The molecular formula is C11H15. The average Bonchev–Trinajstić information content (AvgIpc) is 2.35. The summed E-state index contributed by atoms with van der Waals surface area (Å²) < 4.78 is 0. The van der Waals surface area contributed by atoms with E-state index in [1.165, 1.54) is 19.3 Å². The van der Waals surface area contributed by atoms with E-state index in [-0.39, 0.29) is 0 Å². The molecule has 0 heteroatoms. The lowest BCUT2D eigenvalue weighted by Gasteiger charge is -2.22. The van der Waals surface area contributed by atoms with Crippen molar-refractivity contribution in [3.05, 3.63) is 23.3 Å². The second-order valence-electron chi connectivity index (χ2n) is 3.81. The molecule has 0 saturated carbocycles. The molecule has 0 amide bonds.